The van der Waals surface area contributed by atoms with Crippen molar-refractivity contribution in [2.45, 2.75) is 61.6 Å². The number of thiazole rings is 1. The molecule has 12 nitrogen and oxygen atoms in total. The molecule has 0 spiro atoms. The van der Waals surface area contributed by atoms with Crippen molar-refractivity contribution in [2.75, 3.05) is 89.6 Å². The Morgan fingerprint density at radius 3 is 1.57 bits per heavy atom. The summed E-state index contributed by atoms with van der Waals surface area (Å²) in [6.45, 7) is 19.4. The molecule has 22 heteroatoms. The number of alkyl halides is 1. The molecule has 3 heterocycles. The summed E-state index contributed by atoms with van der Waals surface area (Å²) in [7, 11) is 0. The number of halogens is 6. The third kappa shape index (κ3) is 20.2. The molecular formula is C50H69Br2F4N10O2PS3. The number of aromatic nitrogens is 1. The Labute approximate surface area is 458 Å². The standard InChI is InChI=1S/C23H25F2N5OS.C17H27N5S2.C8H5BrF2O.2CH4.BrH.H3P/c1-14(2)29-7-9-30(10-8-29)19-5-3-18(4-6-19)27-23-28-22(26)21(32-23)20(31)15-11-16(24)13-17(25)12-15;1-4-24-16(18)20-17(23)19-14-5-7-15(8-6-14)22-11-9-21(10-12-22)13(2)3;9-4-8(12)5-1-6(10)3-7(11)2-5;;;;/h3-6,11-14H,7-10,26H2,1-2H3,(H,27,28);5-8,13H,4,9-12H2,1-3H3,(H3,18,19,20,23);1-3H,4H2;2*1H4;1H;1H3. The van der Waals surface area contributed by atoms with E-state index in [4.69, 9.17) is 23.7 Å². The van der Waals surface area contributed by atoms with Gasteiger partial charge in [0.05, 0.1) is 5.33 Å². The van der Waals surface area contributed by atoms with Crippen molar-refractivity contribution in [3.05, 3.63) is 124 Å². The molecule has 2 fully saturated rings. The number of nitrogens with one attached hydrogen (secondary N) is 2. The summed E-state index contributed by atoms with van der Waals surface area (Å²) in [6, 6.07) is 22.9. The average molecular weight is 1210 g/mol. The molecule has 1 atom stereocenters. The van der Waals surface area contributed by atoms with E-state index in [2.05, 4.69) is 96.0 Å². The van der Waals surface area contributed by atoms with Gasteiger partial charge in [-0.1, -0.05) is 60.8 Å². The highest BCUT2D eigenvalue weighted by Crippen LogP contribution is 2.31. The van der Waals surface area contributed by atoms with E-state index in [1.54, 1.807) is 0 Å². The van der Waals surface area contributed by atoms with Crippen LogP contribution in [0.3, 0.4) is 0 Å². The van der Waals surface area contributed by atoms with Gasteiger partial charge in [0.15, 0.2) is 21.2 Å². The van der Waals surface area contributed by atoms with E-state index in [9.17, 15) is 27.2 Å². The maximum absolute atomic E-state index is 13.5. The van der Waals surface area contributed by atoms with Gasteiger partial charge < -0.3 is 31.9 Å². The normalized spacial score (nSPS) is 13.7. The molecule has 5 aromatic rings. The second-order valence-corrected chi connectivity index (χ2v) is 19.4. The van der Waals surface area contributed by atoms with Gasteiger partial charge in [0.25, 0.3) is 0 Å². The van der Waals surface area contributed by atoms with Gasteiger partial charge in [0, 0.05) is 110 Å². The van der Waals surface area contributed by atoms with Crippen LogP contribution in [0.2, 0.25) is 0 Å². The molecule has 1 aromatic heterocycles. The molecule has 1 unspecified atom stereocenters. The van der Waals surface area contributed by atoms with Gasteiger partial charge in [-0.2, -0.15) is 14.9 Å². The summed E-state index contributed by atoms with van der Waals surface area (Å²) in [4.78, 5) is 41.8. The maximum Gasteiger partial charge on any atom is 0.207 e. The Morgan fingerprint density at radius 2 is 1.17 bits per heavy atom. The van der Waals surface area contributed by atoms with Crippen LogP contribution in [0, 0.1) is 23.3 Å². The zero-order valence-electron chi connectivity index (χ0n) is 39.7. The molecule has 7 rings (SSSR count). The molecule has 0 aliphatic carbocycles. The van der Waals surface area contributed by atoms with Crippen molar-refractivity contribution < 1.29 is 27.2 Å². The first-order valence-electron chi connectivity index (χ1n) is 22.0. The minimum atomic E-state index is -0.819. The Kier molecular flexibility index (Phi) is 29.4. The molecule has 6 N–H and O–H groups in total. The molecule has 2 aliphatic rings. The largest absolute Gasteiger partial charge is 0.382 e. The number of carbonyl (C=O) groups is 2. The predicted octanol–water partition coefficient (Wildman–Crippen LogP) is 11.9. The first-order chi connectivity index (χ1) is 32.4. The van der Waals surface area contributed by atoms with E-state index in [0.717, 1.165) is 117 Å². The molecule has 396 valence electrons. The van der Waals surface area contributed by atoms with Gasteiger partial charge in [-0.25, -0.2) is 22.5 Å². The number of carbonyl (C=O) groups excluding carboxylic acids is 2. The number of Topliss-reactive ketones (excluding diaryl/α,β-unsaturated/α-hetero) is 1. The number of ketones is 2. The van der Waals surface area contributed by atoms with E-state index in [1.165, 1.54) is 17.4 Å². The number of nitrogen functional groups attached to an aromatic ring is 1. The van der Waals surface area contributed by atoms with E-state index in [1.807, 2.05) is 43.3 Å². The number of aliphatic imine (C=N–C) groups is 1. The molecule has 0 saturated carbocycles. The Morgan fingerprint density at radius 1 is 0.750 bits per heavy atom. The first-order valence-corrected chi connectivity index (χ1v) is 25.3. The average Bonchev–Trinajstić information content (AvgIpc) is 3.67. The third-order valence-electron chi connectivity index (χ3n) is 10.9. The van der Waals surface area contributed by atoms with E-state index < -0.39 is 29.1 Å². The van der Waals surface area contributed by atoms with Gasteiger partial charge >= 0.3 is 0 Å². The topological polar surface area (TPSA) is 148 Å². The van der Waals surface area contributed by atoms with Crippen molar-refractivity contribution >= 4 is 134 Å². The van der Waals surface area contributed by atoms with Crippen LogP contribution in [0.25, 0.3) is 0 Å². The van der Waals surface area contributed by atoms with Crippen LogP contribution in [0.4, 0.5) is 51.3 Å². The number of hydrogen-bond acceptors (Lipinski definition) is 12. The molecule has 72 heavy (non-hydrogen) atoms. The van der Waals surface area contributed by atoms with Crippen molar-refractivity contribution in [1.82, 2.24) is 14.8 Å². The summed E-state index contributed by atoms with van der Waals surface area (Å²) >= 11 is 10.6. The maximum atomic E-state index is 13.5. The van der Waals surface area contributed by atoms with Crippen LogP contribution in [0.15, 0.2) is 89.9 Å². The number of rotatable bonds is 12. The smallest absolute Gasteiger partial charge is 0.207 e. The van der Waals surface area contributed by atoms with Crippen LogP contribution in [0.1, 0.15) is 75.1 Å². The van der Waals surface area contributed by atoms with E-state index >= 15 is 0 Å². The number of nitrogens with two attached hydrogens (primary N) is 2. The molecular weight excluding hydrogens is 1140 g/mol. The lowest BCUT2D eigenvalue weighted by molar-refractivity contribution is 0.102. The second kappa shape index (κ2) is 32.2. The number of piperazine rings is 2. The number of benzene rings is 4. The van der Waals surface area contributed by atoms with Crippen LogP contribution in [0.5, 0.6) is 0 Å². The SMILES string of the molecule is Br.C.C.CC(C)N1CCN(c2ccc(Nc3nc(N)c(C(=O)c4cc(F)cc(F)c4)s3)cc2)CC1.CCSC(N)=NC(=S)Nc1ccc(N2CCN(C(C)C)CC2)cc1.O=C(CBr)c1cc(F)cc(F)c1.P. The number of amidine groups is 1. The quantitative estimate of drug-likeness (QED) is 0.0179. The van der Waals surface area contributed by atoms with Crippen molar-refractivity contribution in [1.29, 1.82) is 0 Å². The highest BCUT2D eigenvalue weighted by molar-refractivity contribution is 9.09. The van der Waals surface area contributed by atoms with Crippen LogP contribution < -0.4 is 31.9 Å². The Balaban J connectivity index is 0.000000574. The molecule has 0 bridgehead atoms. The minimum absolute atomic E-state index is 0. The highest BCUT2D eigenvalue weighted by Gasteiger charge is 2.22. The summed E-state index contributed by atoms with van der Waals surface area (Å²) in [5, 5.41) is 7.64. The third-order valence-corrected chi connectivity index (χ3v) is 13.2. The summed E-state index contributed by atoms with van der Waals surface area (Å²) < 4.78 is 52.0. The highest BCUT2D eigenvalue weighted by atomic mass is 79.9. The lowest BCUT2D eigenvalue weighted by Gasteiger charge is -2.38. The van der Waals surface area contributed by atoms with Crippen molar-refractivity contribution in [2.24, 2.45) is 10.7 Å². The number of thioether (sulfide) groups is 1. The zero-order valence-corrected chi connectivity index (χ0v) is 46.9. The molecule has 2 saturated heterocycles. The number of thiocarbonyl (C=S) groups is 1. The molecule has 0 amide bonds. The Bertz CT molecular complexity index is 2470. The summed E-state index contributed by atoms with van der Waals surface area (Å²) in [5.74, 6) is -3.11. The zero-order chi connectivity index (χ0) is 49.5. The van der Waals surface area contributed by atoms with Crippen LogP contribution in [-0.4, -0.2) is 112 Å². The molecule has 2 aliphatic heterocycles. The number of nitrogens with zero attached hydrogens (tertiary/aromatic N) is 6. The van der Waals surface area contributed by atoms with Gasteiger partial charge in [-0.3, -0.25) is 19.4 Å². The lowest BCUT2D eigenvalue weighted by atomic mass is 10.1. The fraction of sp³-hybridized carbons (Fsp3) is 0.380. The number of hydrogen-bond donors (Lipinski definition) is 4. The van der Waals surface area contributed by atoms with E-state index in [-0.39, 0.29) is 74.7 Å². The molecule has 0 radical (unpaired) electrons. The summed E-state index contributed by atoms with van der Waals surface area (Å²) in [5.41, 5.74) is 15.8. The fourth-order valence-corrected chi connectivity index (χ4v) is 9.13. The summed E-state index contributed by atoms with van der Waals surface area (Å²) in [6.07, 6.45) is 0. The van der Waals surface area contributed by atoms with Gasteiger partial charge in [-0.05, 0) is 118 Å². The van der Waals surface area contributed by atoms with Crippen molar-refractivity contribution in [3.8, 4) is 0 Å². The van der Waals surface area contributed by atoms with Crippen LogP contribution in [-0.2, 0) is 0 Å². The van der Waals surface area contributed by atoms with Crippen LogP contribution >= 0.6 is 78.1 Å². The Hall–Kier alpha value is -4.21. The second-order valence-electron chi connectivity index (χ2n) is 16.2. The lowest BCUT2D eigenvalue weighted by Crippen LogP contribution is -2.48. The molecule has 4 aromatic carbocycles. The predicted molar refractivity (Wildman–Crippen MR) is 316 cm³/mol. The monoisotopic (exact) mass is 1200 g/mol. The minimum Gasteiger partial charge on any atom is -0.382 e. The van der Waals surface area contributed by atoms with Gasteiger partial charge in [0.1, 0.15) is 34.0 Å². The van der Waals surface area contributed by atoms with E-state index in [0.29, 0.717) is 33.6 Å². The van der Waals surface area contributed by atoms with Gasteiger partial charge in [0.2, 0.25) is 5.78 Å². The first kappa shape index (κ1) is 65.8. The number of anilines is 6. The van der Waals surface area contributed by atoms with Crippen molar-refractivity contribution in [3.63, 3.8) is 0 Å². The van der Waals surface area contributed by atoms with Gasteiger partial charge in [-0.15, -0.1) is 17.0 Å². The fourth-order valence-electron chi connectivity index (χ4n) is 7.22.